The fourth-order valence-electron chi connectivity index (χ4n) is 3.00. The Morgan fingerprint density at radius 3 is 2.39 bits per heavy atom. The number of rotatable bonds is 5. The van der Waals surface area contributed by atoms with Gasteiger partial charge in [-0.2, -0.15) is 0 Å². The Bertz CT molecular complexity index is 1080. The number of hydrogen-bond acceptors (Lipinski definition) is 5. The van der Waals surface area contributed by atoms with Gasteiger partial charge in [0, 0.05) is 9.35 Å². The fourth-order valence-corrected chi connectivity index (χ4v) is 4.03. The van der Waals surface area contributed by atoms with Crippen LogP contribution in [-0.2, 0) is 9.59 Å². The van der Waals surface area contributed by atoms with Crippen molar-refractivity contribution in [2.24, 2.45) is 0 Å². The lowest BCUT2D eigenvalue weighted by Crippen LogP contribution is -2.32. The molecule has 28 heavy (non-hydrogen) atoms. The number of carbonyl (C=O) groups is 2. The van der Waals surface area contributed by atoms with Gasteiger partial charge in [-0.25, -0.2) is 4.90 Å². The molecule has 140 valence electrons. The van der Waals surface area contributed by atoms with Crippen LogP contribution in [0.3, 0.4) is 0 Å². The Morgan fingerprint density at radius 1 is 0.964 bits per heavy atom. The summed E-state index contributed by atoms with van der Waals surface area (Å²) in [5, 5.41) is 5.01. The zero-order valence-corrected chi connectivity index (χ0v) is 17.2. The highest BCUT2D eigenvalue weighted by Gasteiger charge is 2.40. The molecule has 0 saturated heterocycles. The van der Waals surface area contributed by atoms with Crippen LogP contribution >= 0.6 is 27.3 Å². The SMILES string of the molecule is COc1ccccc1NC1=C(c2cccs2)C(=O)N(c2ccc(Br)cc2)C1=O. The van der Waals surface area contributed by atoms with Gasteiger partial charge < -0.3 is 10.1 Å². The Labute approximate surface area is 174 Å². The summed E-state index contributed by atoms with van der Waals surface area (Å²) >= 11 is 4.79. The summed E-state index contributed by atoms with van der Waals surface area (Å²) in [5.41, 5.74) is 1.73. The average molecular weight is 455 g/mol. The summed E-state index contributed by atoms with van der Waals surface area (Å²) in [7, 11) is 1.56. The second-order valence-electron chi connectivity index (χ2n) is 5.97. The highest BCUT2D eigenvalue weighted by Crippen LogP contribution is 2.37. The number of para-hydroxylation sites is 2. The lowest BCUT2D eigenvalue weighted by atomic mass is 10.1. The van der Waals surface area contributed by atoms with Crippen LogP contribution in [0, 0.1) is 0 Å². The predicted octanol–water partition coefficient (Wildman–Crippen LogP) is 4.92. The van der Waals surface area contributed by atoms with E-state index in [1.54, 1.807) is 43.5 Å². The largest absolute Gasteiger partial charge is 0.495 e. The molecule has 0 atom stereocenters. The van der Waals surface area contributed by atoms with Gasteiger partial charge in [0.05, 0.1) is 24.1 Å². The lowest BCUT2D eigenvalue weighted by Gasteiger charge is -2.16. The van der Waals surface area contributed by atoms with Gasteiger partial charge in [0.25, 0.3) is 11.8 Å². The number of anilines is 2. The van der Waals surface area contributed by atoms with E-state index in [2.05, 4.69) is 21.2 Å². The molecule has 0 saturated carbocycles. The van der Waals surface area contributed by atoms with Crippen LogP contribution in [0.5, 0.6) is 5.75 Å². The number of hydrogen-bond donors (Lipinski definition) is 1. The molecule has 1 aliphatic rings. The number of benzene rings is 2. The number of thiophene rings is 1. The van der Waals surface area contributed by atoms with Crippen LogP contribution in [0.1, 0.15) is 4.88 Å². The normalized spacial score (nSPS) is 14.0. The Hall–Kier alpha value is -2.90. The number of halogens is 1. The summed E-state index contributed by atoms with van der Waals surface area (Å²) in [4.78, 5) is 28.4. The first-order valence-electron chi connectivity index (χ1n) is 8.42. The maximum Gasteiger partial charge on any atom is 0.282 e. The molecule has 0 aliphatic carbocycles. The smallest absolute Gasteiger partial charge is 0.282 e. The third-order valence-corrected chi connectivity index (χ3v) is 5.72. The van der Waals surface area contributed by atoms with E-state index < -0.39 is 5.91 Å². The molecule has 0 spiro atoms. The second-order valence-corrected chi connectivity index (χ2v) is 7.84. The van der Waals surface area contributed by atoms with Crippen molar-refractivity contribution in [1.29, 1.82) is 0 Å². The summed E-state index contributed by atoms with van der Waals surface area (Å²) in [6.45, 7) is 0. The highest BCUT2D eigenvalue weighted by atomic mass is 79.9. The van der Waals surface area contributed by atoms with E-state index in [4.69, 9.17) is 4.74 Å². The highest BCUT2D eigenvalue weighted by molar-refractivity contribution is 9.10. The number of amides is 2. The minimum Gasteiger partial charge on any atom is -0.495 e. The molecule has 0 fully saturated rings. The van der Waals surface area contributed by atoms with Crippen molar-refractivity contribution in [2.45, 2.75) is 0 Å². The zero-order chi connectivity index (χ0) is 19.7. The van der Waals surface area contributed by atoms with Crippen molar-refractivity contribution in [3.63, 3.8) is 0 Å². The molecule has 5 nitrogen and oxygen atoms in total. The lowest BCUT2D eigenvalue weighted by molar-refractivity contribution is -0.120. The summed E-state index contributed by atoms with van der Waals surface area (Å²) < 4.78 is 6.24. The summed E-state index contributed by atoms with van der Waals surface area (Å²) in [5.74, 6) is -0.170. The van der Waals surface area contributed by atoms with E-state index in [9.17, 15) is 9.59 Å². The first-order chi connectivity index (χ1) is 13.6. The quantitative estimate of drug-likeness (QED) is 0.556. The topological polar surface area (TPSA) is 58.6 Å². The second kappa shape index (κ2) is 7.61. The predicted molar refractivity (Wildman–Crippen MR) is 114 cm³/mol. The molecule has 7 heteroatoms. The third-order valence-electron chi connectivity index (χ3n) is 4.30. The molecule has 0 unspecified atom stereocenters. The number of nitrogens with zero attached hydrogens (tertiary/aromatic N) is 1. The van der Waals surface area contributed by atoms with Crippen molar-refractivity contribution in [3.8, 4) is 5.75 Å². The van der Waals surface area contributed by atoms with Gasteiger partial charge in [-0.15, -0.1) is 11.3 Å². The van der Waals surface area contributed by atoms with Crippen molar-refractivity contribution in [2.75, 3.05) is 17.3 Å². The van der Waals surface area contributed by atoms with Crippen molar-refractivity contribution in [1.82, 2.24) is 0 Å². The van der Waals surface area contributed by atoms with Gasteiger partial charge in [-0.1, -0.05) is 34.1 Å². The third kappa shape index (κ3) is 3.23. The molecule has 2 aromatic carbocycles. The van der Waals surface area contributed by atoms with Gasteiger partial charge in [0.1, 0.15) is 11.4 Å². The van der Waals surface area contributed by atoms with Crippen molar-refractivity contribution >= 4 is 56.0 Å². The molecule has 2 amide bonds. The minimum absolute atomic E-state index is 0.236. The zero-order valence-electron chi connectivity index (χ0n) is 14.8. The number of nitrogens with one attached hydrogen (secondary N) is 1. The van der Waals surface area contributed by atoms with Crippen LogP contribution in [-0.4, -0.2) is 18.9 Å². The summed E-state index contributed by atoms with van der Waals surface area (Å²) in [6.07, 6.45) is 0. The van der Waals surface area contributed by atoms with Crippen LogP contribution < -0.4 is 15.0 Å². The number of methoxy groups -OCH3 is 1. The molecule has 0 bridgehead atoms. The summed E-state index contributed by atoms with van der Waals surface area (Å²) in [6, 6.07) is 18.0. The van der Waals surface area contributed by atoms with E-state index in [0.717, 1.165) is 9.35 Å². The molecular formula is C21H15BrN2O3S. The maximum absolute atomic E-state index is 13.2. The Balaban J connectivity index is 1.81. The first-order valence-corrected chi connectivity index (χ1v) is 10.1. The number of carbonyl (C=O) groups excluding carboxylic acids is 2. The van der Waals surface area contributed by atoms with Gasteiger partial charge in [-0.05, 0) is 47.8 Å². The Kier molecular flexibility index (Phi) is 5.02. The van der Waals surface area contributed by atoms with Crippen LogP contribution in [0.15, 0.2) is 76.2 Å². The van der Waals surface area contributed by atoms with E-state index in [-0.39, 0.29) is 11.6 Å². The first kappa shape index (κ1) is 18.5. The number of imide groups is 1. The molecule has 4 rings (SSSR count). The fraction of sp³-hybridized carbons (Fsp3) is 0.0476. The van der Waals surface area contributed by atoms with Crippen molar-refractivity contribution in [3.05, 3.63) is 81.1 Å². The molecule has 2 heterocycles. The Morgan fingerprint density at radius 2 is 1.71 bits per heavy atom. The molecule has 1 N–H and O–H groups in total. The van der Waals surface area contributed by atoms with E-state index in [1.165, 1.54) is 16.2 Å². The van der Waals surface area contributed by atoms with E-state index >= 15 is 0 Å². The molecule has 1 aliphatic heterocycles. The van der Waals surface area contributed by atoms with Crippen LogP contribution in [0.4, 0.5) is 11.4 Å². The van der Waals surface area contributed by atoms with Crippen LogP contribution in [0.25, 0.3) is 5.57 Å². The molecular weight excluding hydrogens is 440 g/mol. The minimum atomic E-state index is -0.401. The van der Waals surface area contributed by atoms with Gasteiger partial charge in [-0.3, -0.25) is 9.59 Å². The van der Waals surface area contributed by atoms with E-state index in [1.807, 2.05) is 29.6 Å². The van der Waals surface area contributed by atoms with Gasteiger partial charge in [0.15, 0.2) is 0 Å². The number of ether oxygens (including phenoxy) is 1. The molecule has 0 radical (unpaired) electrons. The maximum atomic E-state index is 13.2. The van der Waals surface area contributed by atoms with Crippen molar-refractivity contribution < 1.29 is 14.3 Å². The van der Waals surface area contributed by atoms with Gasteiger partial charge >= 0.3 is 0 Å². The standard InChI is InChI=1S/C21H15BrN2O3S/c1-27-16-6-3-2-5-15(16)23-19-18(17-7-4-12-28-17)20(25)24(21(19)26)14-10-8-13(22)9-11-14/h2-12,23H,1H3. The van der Waals surface area contributed by atoms with E-state index in [0.29, 0.717) is 22.7 Å². The monoisotopic (exact) mass is 454 g/mol. The molecule has 3 aromatic rings. The van der Waals surface area contributed by atoms with Gasteiger partial charge in [0.2, 0.25) is 0 Å². The molecule has 1 aromatic heterocycles. The average Bonchev–Trinajstić information content (AvgIpc) is 3.30. The van der Waals surface area contributed by atoms with Crippen LogP contribution in [0.2, 0.25) is 0 Å².